The lowest BCUT2D eigenvalue weighted by Gasteiger charge is -2.31. The van der Waals surface area contributed by atoms with Crippen LogP contribution in [0.4, 0.5) is 0 Å². The summed E-state index contributed by atoms with van der Waals surface area (Å²) >= 11 is 0. The molecule has 0 bridgehead atoms. The fraction of sp³-hybridized carbons (Fsp3) is 0.455. The molecule has 1 aliphatic rings. The highest BCUT2D eigenvalue weighted by molar-refractivity contribution is 5.11. The van der Waals surface area contributed by atoms with Crippen LogP contribution in [0.3, 0.4) is 0 Å². The highest BCUT2D eigenvalue weighted by atomic mass is 16.3. The van der Waals surface area contributed by atoms with Gasteiger partial charge in [0.25, 0.3) is 0 Å². The van der Waals surface area contributed by atoms with Crippen LogP contribution in [0.15, 0.2) is 30.3 Å². The highest BCUT2D eigenvalue weighted by Gasteiger charge is 2.18. The number of benzene rings is 1. The third-order valence-electron chi connectivity index (χ3n) is 1.99. The van der Waals surface area contributed by atoms with E-state index < -0.39 is 0 Å². The smallest absolute Gasteiger partial charge is 0.0793 e. The first kappa shape index (κ1) is 10.2. The molecule has 0 radical (unpaired) electrons. The van der Waals surface area contributed by atoms with Crippen LogP contribution in [-0.4, -0.2) is 36.2 Å². The van der Waals surface area contributed by atoms with Crippen molar-refractivity contribution in [3.63, 3.8) is 0 Å². The third kappa shape index (κ3) is 4.06. The number of aryl methyl sites for hydroxylation is 1. The van der Waals surface area contributed by atoms with Crippen molar-refractivity contribution in [2.24, 2.45) is 0 Å². The highest BCUT2D eigenvalue weighted by Crippen LogP contribution is 2.00. The van der Waals surface area contributed by atoms with E-state index in [4.69, 9.17) is 5.11 Å². The number of hydrogen-bond donors (Lipinski definition) is 1. The van der Waals surface area contributed by atoms with Crippen LogP contribution in [0.2, 0.25) is 0 Å². The number of aliphatic hydroxyl groups is 1. The Bertz CT molecular complexity index is 223. The van der Waals surface area contributed by atoms with Gasteiger partial charge in [0.2, 0.25) is 0 Å². The fourth-order valence-electron chi connectivity index (χ4n) is 1.20. The molecule has 0 aromatic heterocycles. The van der Waals surface area contributed by atoms with E-state index in [-0.39, 0.29) is 6.10 Å². The average molecular weight is 179 g/mol. The predicted molar refractivity (Wildman–Crippen MR) is 54.7 cm³/mol. The quantitative estimate of drug-likeness (QED) is 0.648. The van der Waals surface area contributed by atoms with Gasteiger partial charge in [-0.3, -0.25) is 0 Å². The summed E-state index contributed by atoms with van der Waals surface area (Å²) in [7, 11) is 1.99. The van der Waals surface area contributed by atoms with Crippen LogP contribution in [-0.2, 0) is 0 Å². The Morgan fingerprint density at radius 3 is 1.92 bits per heavy atom. The van der Waals surface area contributed by atoms with Crippen LogP contribution in [0.5, 0.6) is 0 Å². The van der Waals surface area contributed by atoms with Crippen LogP contribution in [0, 0.1) is 6.92 Å². The van der Waals surface area contributed by atoms with Crippen LogP contribution in [0.1, 0.15) is 5.56 Å². The second-order valence-electron chi connectivity index (χ2n) is 3.53. The predicted octanol–water partition coefficient (Wildman–Crippen LogP) is 1.29. The van der Waals surface area contributed by atoms with E-state index in [0.717, 1.165) is 13.1 Å². The normalized spacial score (nSPS) is 17.2. The molecule has 0 atom stereocenters. The summed E-state index contributed by atoms with van der Waals surface area (Å²) in [5, 5.41) is 8.58. The van der Waals surface area contributed by atoms with Crippen molar-refractivity contribution in [3.8, 4) is 0 Å². The van der Waals surface area contributed by atoms with Gasteiger partial charge < -0.3 is 10.0 Å². The maximum atomic E-state index is 8.58. The summed E-state index contributed by atoms with van der Waals surface area (Å²) in [6, 6.07) is 10.3. The van der Waals surface area contributed by atoms with Gasteiger partial charge in [-0.15, -0.1) is 0 Å². The molecule has 0 spiro atoms. The molecule has 1 aromatic rings. The number of β-amino-alcohol motifs (C(OH)–C–C–N with tert-alkyl or cyclic N) is 1. The van der Waals surface area contributed by atoms with Crippen molar-refractivity contribution in [3.05, 3.63) is 35.9 Å². The molecule has 1 heterocycles. The van der Waals surface area contributed by atoms with E-state index in [1.165, 1.54) is 5.56 Å². The summed E-state index contributed by atoms with van der Waals surface area (Å²) in [5.41, 5.74) is 1.32. The summed E-state index contributed by atoms with van der Waals surface area (Å²) in [5.74, 6) is 0. The van der Waals surface area contributed by atoms with Gasteiger partial charge in [-0.1, -0.05) is 35.9 Å². The minimum atomic E-state index is -0.0324. The molecular weight excluding hydrogens is 162 g/mol. The lowest BCUT2D eigenvalue weighted by molar-refractivity contribution is 0.0196. The molecule has 0 unspecified atom stereocenters. The number of rotatable bonds is 0. The molecular formula is C11H17NO. The Labute approximate surface area is 79.8 Å². The number of likely N-dealkylation sites (N-methyl/N-ethyl adjacent to an activating group) is 1. The average Bonchev–Trinajstić information content (AvgIpc) is 2.05. The van der Waals surface area contributed by atoms with Crippen molar-refractivity contribution in [2.45, 2.75) is 13.0 Å². The Morgan fingerprint density at radius 1 is 1.23 bits per heavy atom. The molecule has 2 rings (SSSR count). The van der Waals surface area contributed by atoms with Gasteiger partial charge in [0, 0.05) is 13.1 Å². The van der Waals surface area contributed by atoms with Crippen molar-refractivity contribution >= 4 is 0 Å². The maximum Gasteiger partial charge on any atom is 0.0793 e. The Kier molecular flexibility index (Phi) is 3.93. The molecule has 0 aliphatic carbocycles. The van der Waals surface area contributed by atoms with Gasteiger partial charge in [0.1, 0.15) is 0 Å². The van der Waals surface area contributed by atoms with E-state index in [1.807, 2.05) is 25.2 Å². The van der Waals surface area contributed by atoms with Crippen molar-refractivity contribution < 1.29 is 5.11 Å². The van der Waals surface area contributed by atoms with E-state index in [1.54, 1.807) is 0 Å². The van der Waals surface area contributed by atoms with E-state index in [2.05, 4.69) is 24.0 Å². The summed E-state index contributed by atoms with van der Waals surface area (Å²) in [4.78, 5) is 2.07. The first-order chi connectivity index (χ1) is 6.18. The zero-order valence-corrected chi connectivity index (χ0v) is 8.27. The fourth-order valence-corrected chi connectivity index (χ4v) is 1.20. The molecule has 0 amide bonds. The Balaban J connectivity index is 0.000000132. The third-order valence-corrected chi connectivity index (χ3v) is 1.99. The zero-order chi connectivity index (χ0) is 9.68. The molecule has 2 nitrogen and oxygen atoms in total. The summed E-state index contributed by atoms with van der Waals surface area (Å²) in [6.45, 7) is 3.81. The van der Waals surface area contributed by atoms with Crippen LogP contribution in [0.25, 0.3) is 0 Å². The second-order valence-corrected chi connectivity index (χ2v) is 3.53. The number of aliphatic hydroxyl groups excluding tert-OH is 1. The number of nitrogens with zero attached hydrogens (tertiary/aromatic N) is 1. The molecule has 72 valence electrons. The Morgan fingerprint density at radius 2 is 1.77 bits per heavy atom. The first-order valence-electron chi connectivity index (χ1n) is 4.57. The topological polar surface area (TPSA) is 23.5 Å². The van der Waals surface area contributed by atoms with E-state index in [0.29, 0.717) is 0 Å². The lowest BCUT2D eigenvalue weighted by Crippen LogP contribution is -2.47. The monoisotopic (exact) mass is 179 g/mol. The Hall–Kier alpha value is -0.860. The number of likely N-dealkylation sites (tertiary alicyclic amines) is 1. The maximum absolute atomic E-state index is 8.58. The van der Waals surface area contributed by atoms with Crippen molar-refractivity contribution in [1.29, 1.82) is 0 Å². The van der Waals surface area contributed by atoms with Gasteiger partial charge >= 0.3 is 0 Å². The zero-order valence-electron chi connectivity index (χ0n) is 8.27. The first-order valence-corrected chi connectivity index (χ1v) is 4.57. The molecule has 1 N–H and O–H groups in total. The van der Waals surface area contributed by atoms with Crippen molar-refractivity contribution in [1.82, 2.24) is 4.90 Å². The lowest BCUT2D eigenvalue weighted by atomic mass is 10.2. The number of hydrogen-bond acceptors (Lipinski definition) is 2. The largest absolute Gasteiger partial charge is 0.390 e. The minimum absolute atomic E-state index is 0.0324. The van der Waals surface area contributed by atoms with Crippen LogP contribution < -0.4 is 0 Å². The standard InChI is InChI=1S/C7H8.C4H9NO/c1-7-5-3-2-4-6-7;1-5-2-4(6)3-5/h2-6H,1H3;4,6H,2-3H2,1H3. The molecule has 1 aromatic carbocycles. The van der Waals surface area contributed by atoms with Gasteiger partial charge in [0.05, 0.1) is 6.10 Å². The van der Waals surface area contributed by atoms with Gasteiger partial charge in [-0.2, -0.15) is 0 Å². The molecule has 0 saturated carbocycles. The summed E-state index contributed by atoms with van der Waals surface area (Å²) in [6.07, 6.45) is -0.0324. The van der Waals surface area contributed by atoms with E-state index >= 15 is 0 Å². The minimum Gasteiger partial charge on any atom is -0.390 e. The molecule has 13 heavy (non-hydrogen) atoms. The van der Waals surface area contributed by atoms with Crippen molar-refractivity contribution in [2.75, 3.05) is 20.1 Å². The van der Waals surface area contributed by atoms with E-state index in [9.17, 15) is 0 Å². The molecule has 1 aliphatic heterocycles. The van der Waals surface area contributed by atoms with Gasteiger partial charge in [-0.05, 0) is 14.0 Å². The molecule has 1 fully saturated rings. The second kappa shape index (κ2) is 5.00. The van der Waals surface area contributed by atoms with Gasteiger partial charge in [0.15, 0.2) is 0 Å². The molecule has 2 heteroatoms. The summed E-state index contributed by atoms with van der Waals surface area (Å²) < 4.78 is 0. The van der Waals surface area contributed by atoms with Gasteiger partial charge in [-0.25, -0.2) is 0 Å². The molecule has 1 saturated heterocycles. The van der Waals surface area contributed by atoms with Crippen LogP contribution >= 0.6 is 0 Å². The SMILES string of the molecule is CN1CC(O)C1.Cc1ccccc1.